The lowest BCUT2D eigenvalue weighted by Crippen LogP contribution is -2.50. The summed E-state index contributed by atoms with van der Waals surface area (Å²) in [5.74, 6) is -0.0908. The van der Waals surface area contributed by atoms with Crippen LogP contribution >= 0.6 is 23.2 Å². The standard InChI is InChI=1S/C14H18Cl2N2O2/c1-14(2)9-18(5-6-20-14)8-13(19)17-12-4-3-10(15)7-11(12)16/h3-4,7H,5-6,8-9H2,1-2H3,(H,17,19). The molecule has 20 heavy (non-hydrogen) atoms. The number of carbonyl (C=O) groups excluding carboxylic acids is 1. The van der Waals surface area contributed by atoms with Crippen molar-refractivity contribution < 1.29 is 9.53 Å². The Kier molecular flexibility index (Phi) is 4.91. The molecule has 1 heterocycles. The van der Waals surface area contributed by atoms with E-state index in [9.17, 15) is 4.79 Å². The first kappa shape index (κ1) is 15.6. The second-order valence-electron chi connectivity index (χ2n) is 5.49. The fourth-order valence-electron chi connectivity index (χ4n) is 2.23. The minimum absolute atomic E-state index is 0.0908. The van der Waals surface area contributed by atoms with E-state index in [1.165, 1.54) is 0 Å². The predicted octanol–water partition coefficient (Wildman–Crippen LogP) is 3.04. The molecule has 4 nitrogen and oxygen atoms in total. The molecule has 0 bridgehead atoms. The Morgan fingerprint density at radius 1 is 1.45 bits per heavy atom. The zero-order valence-corrected chi connectivity index (χ0v) is 13.1. The third kappa shape index (κ3) is 4.35. The third-order valence-corrected chi connectivity index (χ3v) is 3.62. The molecule has 0 unspecified atom stereocenters. The Hall–Kier alpha value is -0.810. The van der Waals surface area contributed by atoms with Crippen LogP contribution in [0, 0.1) is 0 Å². The summed E-state index contributed by atoms with van der Waals surface area (Å²) in [5, 5.41) is 3.78. The van der Waals surface area contributed by atoms with Gasteiger partial charge in [0.05, 0.1) is 29.5 Å². The zero-order chi connectivity index (χ0) is 14.8. The molecule has 2 rings (SSSR count). The molecular formula is C14H18Cl2N2O2. The summed E-state index contributed by atoms with van der Waals surface area (Å²) < 4.78 is 5.62. The van der Waals surface area contributed by atoms with E-state index in [-0.39, 0.29) is 11.5 Å². The van der Waals surface area contributed by atoms with Crippen molar-refractivity contribution in [1.29, 1.82) is 0 Å². The molecule has 0 atom stereocenters. The van der Waals surface area contributed by atoms with Gasteiger partial charge in [0.2, 0.25) is 5.91 Å². The van der Waals surface area contributed by atoms with Crippen LogP contribution in [-0.2, 0) is 9.53 Å². The SMILES string of the molecule is CC1(C)CN(CC(=O)Nc2ccc(Cl)cc2Cl)CCO1. The number of morpholine rings is 1. The van der Waals surface area contributed by atoms with Crippen LogP contribution in [0.5, 0.6) is 0 Å². The number of hydrogen-bond acceptors (Lipinski definition) is 3. The van der Waals surface area contributed by atoms with Gasteiger partial charge in [-0.2, -0.15) is 0 Å². The van der Waals surface area contributed by atoms with Gasteiger partial charge in [0.25, 0.3) is 0 Å². The van der Waals surface area contributed by atoms with Crippen LogP contribution in [0.2, 0.25) is 10.0 Å². The summed E-state index contributed by atoms with van der Waals surface area (Å²) >= 11 is 11.9. The lowest BCUT2D eigenvalue weighted by molar-refractivity contribution is -0.122. The molecule has 0 saturated carbocycles. The summed E-state index contributed by atoms with van der Waals surface area (Å²) in [6.45, 7) is 6.49. The van der Waals surface area contributed by atoms with Gasteiger partial charge in [0.15, 0.2) is 0 Å². The average Bonchev–Trinajstić information content (AvgIpc) is 2.31. The van der Waals surface area contributed by atoms with Gasteiger partial charge in [0, 0.05) is 18.1 Å². The molecular weight excluding hydrogens is 299 g/mol. The Balaban J connectivity index is 1.92. The highest BCUT2D eigenvalue weighted by Crippen LogP contribution is 2.25. The molecule has 1 N–H and O–H groups in total. The number of rotatable bonds is 3. The van der Waals surface area contributed by atoms with Crippen LogP contribution in [0.25, 0.3) is 0 Å². The first-order valence-corrected chi connectivity index (χ1v) is 7.22. The van der Waals surface area contributed by atoms with Crippen molar-refractivity contribution in [3.8, 4) is 0 Å². The van der Waals surface area contributed by atoms with E-state index in [2.05, 4.69) is 10.2 Å². The fraction of sp³-hybridized carbons (Fsp3) is 0.500. The number of benzene rings is 1. The first-order chi connectivity index (χ1) is 9.35. The highest BCUT2D eigenvalue weighted by molar-refractivity contribution is 6.36. The maximum Gasteiger partial charge on any atom is 0.238 e. The van der Waals surface area contributed by atoms with E-state index in [0.29, 0.717) is 28.9 Å². The fourth-order valence-corrected chi connectivity index (χ4v) is 2.69. The molecule has 1 aliphatic heterocycles. The Morgan fingerprint density at radius 3 is 2.85 bits per heavy atom. The summed E-state index contributed by atoms with van der Waals surface area (Å²) in [6, 6.07) is 5.00. The molecule has 1 fully saturated rings. The molecule has 1 aliphatic rings. The number of anilines is 1. The number of hydrogen-bond donors (Lipinski definition) is 1. The van der Waals surface area contributed by atoms with Crippen LogP contribution < -0.4 is 5.32 Å². The minimum Gasteiger partial charge on any atom is -0.373 e. The van der Waals surface area contributed by atoms with Gasteiger partial charge in [-0.15, -0.1) is 0 Å². The molecule has 1 aromatic carbocycles. The quantitative estimate of drug-likeness (QED) is 0.932. The Bertz CT molecular complexity index is 506. The Labute approximate surface area is 129 Å². The topological polar surface area (TPSA) is 41.6 Å². The smallest absolute Gasteiger partial charge is 0.238 e. The van der Waals surface area contributed by atoms with E-state index in [4.69, 9.17) is 27.9 Å². The number of ether oxygens (including phenoxy) is 1. The number of amides is 1. The first-order valence-electron chi connectivity index (χ1n) is 6.47. The van der Waals surface area contributed by atoms with Crippen molar-refractivity contribution in [2.45, 2.75) is 19.4 Å². The van der Waals surface area contributed by atoms with Gasteiger partial charge in [-0.3, -0.25) is 9.69 Å². The van der Waals surface area contributed by atoms with Crippen molar-refractivity contribution in [1.82, 2.24) is 4.90 Å². The normalized spacial score (nSPS) is 18.8. The summed E-state index contributed by atoms with van der Waals surface area (Å²) in [7, 11) is 0. The van der Waals surface area contributed by atoms with E-state index in [1.807, 2.05) is 13.8 Å². The lowest BCUT2D eigenvalue weighted by atomic mass is 10.1. The van der Waals surface area contributed by atoms with Crippen molar-refractivity contribution in [2.75, 3.05) is 31.6 Å². The highest BCUT2D eigenvalue weighted by atomic mass is 35.5. The minimum atomic E-state index is -0.212. The second-order valence-corrected chi connectivity index (χ2v) is 6.33. The van der Waals surface area contributed by atoms with Crippen molar-refractivity contribution in [3.63, 3.8) is 0 Å². The van der Waals surface area contributed by atoms with Gasteiger partial charge in [-0.25, -0.2) is 0 Å². The van der Waals surface area contributed by atoms with Gasteiger partial charge in [-0.05, 0) is 32.0 Å². The third-order valence-electron chi connectivity index (χ3n) is 3.08. The van der Waals surface area contributed by atoms with Crippen LogP contribution in [0.15, 0.2) is 18.2 Å². The molecule has 0 radical (unpaired) electrons. The van der Waals surface area contributed by atoms with Gasteiger partial charge in [0.1, 0.15) is 0 Å². The number of halogens is 2. The predicted molar refractivity (Wildman–Crippen MR) is 81.6 cm³/mol. The van der Waals surface area contributed by atoms with Crippen LogP contribution in [0.4, 0.5) is 5.69 Å². The summed E-state index contributed by atoms with van der Waals surface area (Å²) in [4.78, 5) is 14.1. The van der Waals surface area contributed by atoms with E-state index in [1.54, 1.807) is 18.2 Å². The number of nitrogens with one attached hydrogen (secondary N) is 1. The second kappa shape index (κ2) is 6.31. The summed E-state index contributed by atoms with van der Waals surface area (Å²) in [6.07, 6.45) is 0. The van der Waals surface area contributed by atoms with Crippen LogP contribution in [-0.4, -0.2) is 42.6 Å². The zero-order valence-electron chi connectivity index (χ0n) is 11.6. The molecule has 0 aromatic heterocycles. The largest absolute Gasteiger partial charge is 0.373 e. The highest BCUT2D eigenvalue weighted by Gasteiger charge is 2.28. The molecule has 0 aliphatic carbocycles. The van der Waals surface area contributed by atoms with Crippen molar-refractivity contribution >= 4 is 34.8 Å². The number of nitrogens with zero attached hydrogens (tertiary/aromatic N) is 1. The molecule has 0 spiro atoms. The molecule has 1 aromatic rings. The van der Waals surface area contributed by atoms with E-state index >= 15 is 0 Å². The maximum atomic E-state index is 12.0. The van der Waals surface area contributed by atoms with Crippen LogP contribution in [0.1, 0.15) is 13.8 Å². The molecule has 1 saturated heterocycles. The van der Waals surface area contributed by atoms with Crippen LogP contribution in [0.3, 0.4) is 0 Å². The monoisotopic (exact) mass is 316 g/mol. The Morgan fingerprint density at radius 2 is 2.20 bits per heavy atom. The van der Waals surface area contributed by atoms with Gasteiger partial charge in [-0.1, -0.05) is 23.2 Å². The average molecular weight is 317 g/mol. The molecule has 110 valence electrons. The number of carbonyl (C=O) groups is 1. The van der Waals surface area contributed by atoms with Crippen molar-refractivity contribution in [3.05, 3.63) is 28.2 Å². The maximum absolute atomic E-state index is 12.0. The van der Waals surface area contributed by atoms with Crippen molar-refractivity contribution in [2.24, 2.45) is 0 Å². The summed E-state index contributed by atoms with van der Waals surface area (Å²) in [5.41, 5.74) is 0.366. The van der Waals surface area contributed by atoms with E-state index in [0.717, 1.165) is 13.1 Å². The lowest BCUT2D eigenvalue weighted by Gasteiger charge is -2.37. The van der Waals surface area contributed by atoms with Gasteiger partial charge >= 0.3 is 0 Å². The molecule has 1 amide bonds. The molecule has 6 heteroatoms. The van der Waals surface area contributed by atoms with Gasteiger partial charge < -0.3 is 10.1 Å². The van der Waals surface area contributed by atoms with E-state index < -0.39 is 0 Å².